The van der Waals surface area contributed by atoms with Gasteiger partial charge in [-0.05, 0) is 38.1 Å². The highest BCUT2D eigenvalue weighted by molar-refractivity contribution is 5.96. The predicted molar refractivity (Wildman–Crippen MR) is 64.4 cm³/mol. The van der Waals surface area contributed by atoms with Crippen LogP contribution in [0.2, 0.25) is 0 Å². The van der Waals surface area contributed by atoms with E-state index >= 15 is 0 Å². The third-order valence-electron chi connectivity index (χ3n) is 1.93. The Kier molecular flexibility index (Phi) is 4.51. The Morgan fingerprint density at radius 1 is 1.29 bits per heavy atom. The lowest BCUT2D eigenvalue weighted by atomic mass is 10.2. The molecule has 0 aliphatic heterocycles. The lowest BCUT2D eigenvalue weighted by Crippen LogP contribution is -2.31. The van der Waals surface area contributed by atoms with Crippen LogP contribution in [0.3, 0.4) is 0 Å². The van der Waals surface area contributed by atoms with Crippen LogP contribution in [0.25, 0.3) is 0 Å². The van der Waals surface area contributed by atoms with E-state index in [1.807, 2.05) is 0 Å². The van der Waals surface area contributed by atoms with Gasteiger partial charge in [0.15, 0.2) is 0 Å². The van der Waals surface area contributed by atoms with Crippen LogP contribution < -0.4 is 11.1 Å². The summed E-state index contributed by atoms with van der Waals surface area (Å²) in [6.07, 6.45) is -0.184. The monoisotopic (exact) mass is 236 g/mol. The van der Waals surface area contributed by atoms with E-state index < -0.39 is 5.97 Å². The van der Waals surface area contributed by atoms with Crippen molar-refractivity contribution in [2.24, 2.45) is 0 Å². The number of amides is 1. The quantitative estimate of drug-likeness (QED) is 0.602. The standard InChI is InChI=1S/C12H16N2O3/c1-8(2)17-11(15)7-14-12(16)9-3-5-10(13)6-4-9/h3-6,8H,7,13H2,1-2H3,(H,14,16). The van der Waals surface area contributed by atoms with Crippen LogP contribution in [0.15, 0.2) is 24.3 Å². The van der Waals surface area contributed by atoms with Crippen LogP contribution in [0, 0.1) is 0 Å². The van der Waals surface area contributed by atoms with Crippen molar-refractivity contribution >= 4 is 17.6 Å². The molecule has 92 valence electrons. The highest BCUT2D eigenvalue weighted by Gasteiger charge is 2.09. The third-order valence-corrected chi connectivity index (χ3v) is 1.93. The number of rotatable bonds is 4. The number of nitrogen functional groups attached to an aromatic ring is 1. The molecule has 0 saturated carbocycles. The van der Waals surface area contributed by atoms with Gasteiger partial charge in [-0.2, -0.15) is 0 Å². The average Bonchev–Trinajstić information content (AvgIpc) is 2.26. The van der Waals surface area contributed by atoms with Crippen molar-refractivity contribution in [2.45, 2.75) is 20.0 Å². The minimum absolute atomic E-state index is 0.138. The maximum Gasteiger partial charge on any atom is 0.325 e. The number of benzene rings is 1. The van der Waals surface area contributed by atoms with Gasteiger partial charge in [-0.1, -0.05) is 0 Å². The number of hydrogen-bond acceptors (Lipinski definition) is 4. The minimum Gasteiger partial charge on any atom is -0.462 e. The van der Waals surface area contributed by atoms with E-state index in [1.54, 1.807) is 38.1 Å². The van der Waals surface area contributed by atoms with Gasteiger partial charge in [0.25, 0.3) is 5.91 Å². The zero-order chi connectivity index (χ0) is 12.8. The largest absolute Gasteiger partial charge is 0.462 e. The molecule has 0 atom stereocenters. The minimum atomic E-state index is -0.455. The first-order valence-electron chi connectivity index (χ1n) is 5.32. The van der Waals surface area contributed by atoms with Crippen LogP contribution >= 0.6 is 0 Å². The molecule has 3 N–H and O–H groups in total. The second-order valence-corrected chi connectivity index (χ2v) is 3.84. The summed E-state index contributed by atoms with van der Waals surface area (Å²) in [5.41, 5.74) is 6.54. The first kappa shape index (κ1) is 13.0. The summed E-state index contributed by atoms with van der Waals surface area (Å²) in [5.74, 6) is -0.783. The molecule has 0 saturated heterocycles. The fraction of sp³-hybridized carbons (Fsp3) is 0.333. The van der Waals surface area contributed by atoms with E-state index in [4.69, 9.17) is 10.5 Å². The molecule has 1 aromatic rings. The van der Waals surface area contributed by atoms with E-state index in [9.17, 15) is 9.59 Å². The molecule has 1 rings (SSSR count). The Balaban J connectivity index is 2.45. The van der Waals surface area contributed by atoms with Crippen molar-refractivity contribution in [1.82, 2.24) is 5.32 Å². The number of nitrogens with one attached hydrogen (secondary N) is 1. The summed E-state index contributed by atoms with van der Waals surface area (Å²) in [5, 5.41) is 2.47. The number of esters is 1. The topological polar surface area (TPSA) is 81.4 Å². The molecule has 0 radical (unpaired) electrons. The third kappa shape index (κ3) is 4.55. The van der Waals surface area contributed by atoms with Crippen LogP contribution in [0.1, 0.15) is 24.2 Å². The molecular weight excluding hydrogens is 220 g/mol. The highest BCUT2D eigenvalue weighted by Crippen LogP contribution is 2.04. The van der Waals surface area contributed by atoms with Gasteiger partial charge in [0.2, 0.25) is 0 Å². The summed E-state index contributed by atoms with van der Waals surface area (Å²) >= 11 is 0. The Morgan fingerprint density at radius 3 is 2.41 bits per heavy atom. The van der Waals surface area contributed by atoms with Crippen molar-refractivity contribution in [2.75, 3.05) is 12.3 Å². The first-order valence-corrected chi connectivity index (χ1v) is 5.32. The summed E-state index contributed by atoms with van der Waals surface area (Å²) in [6, 6.07) is 6.44. The molecular formula is C12H16N2O3. The molecule has 17 heavy (non-hydrogen) atoms. The molecule has 5 heteroatoms. The average molecular weight is 236 g/mol. The number of anilines is 1. The van der Waals surface area contributed by atoms with Gasteiger partial charge in [0.1, 0.15) is 6.54 Å². The molecule has 5 nitrogen and oxygen atoms in total. The van der Waals surface area contributed by atoms with E-state index in [2.05, 4.69) is 5.32 Å². The summed E-state index contributed by atoms with van der Waals surface area (Å²) in [4.78, 5) is 22.8. The Hall–Kier alpha value is -2.04. The van der Waals surface area contributed by atoms with Crippen LogP contribution in [-0.4, -0.2) is 24.5 Å². The molecule has 1 aromatic carbocycles. The van der Waals surface area contributed by atoms with Gasteiger partial charge in [-0.25, -0.2) is 0 Å². The zero-order valence-electron chi connectivity index (χ0n) is 9.90. The maximum absolute atomic E-state index is 11.6. The summed E-state index contributed by atoms with van der Waals surface area (Å²) in [6.45, 7) is 3.36. The van der Waals surface area contributed by atoms with E-state index in [0.717, 1.165) is 0 Å². The number of nitrogens with two attached hydrogens (primary N) is 1. The van der Waals surface area contributed by atoms with Gasteiger partial charge in [0, 0.05) is 11.3 Å². The lowest BCUT2D eigenvalue weighted by molar-refractivity contribution is -0.146. The molecule has 0 spiro atoms. The molecule has 0 heterocycles. The summed E-state index contributed by atoms with van der Waals surface area (Å²) in [7, 11) is 0. The van der Waals surface area contributed by atoms with Crippen molar-refractivity contribution < 1.29 is 14.3 Å². The molecule has 0 fully saturated rings. The molecule has 0 aromatic heterocycles. The van der Waals surface area contributed by atoms with Gasteiger partial charge in [-0.3, -0.25) is 9.59 Å². The second-order valence-electron chi connectivity index (χ2n) is 3.84. The fourth-order valence-corrected chi connectivity index (χ4v) is 1.19. The van der Waals surface area contributed by atoms with E-state index in [0.29, 0.717) is 11.3 Å². The number of hydrogen-bond donors (Lipinski definition) is 2. The Bertz CT molecular complexity index is 399. The summed E-state index contributed by atoms with van der Waals surface area (Å²) < 4.78 is 4.88. The van der Waals surface area contributed by atoms with Crippen LogP contribution in [0.5, 0.6) is 0 Å². The SMILES string of the molecule is CC(C)OC(=O)CNC(=O)c1ccc(N)cc1. The second kappa shape index (κ2) is 5.89. The van der Waals surface area contributed by atoms with Gasteiger partial charge in [0.05, 0.1) is 6.10 Å². The lowest BCUT2D eigenvalue weighted by Gasteiger charge is -2.08. The number of ether oxygens (including phenoxy) is 1. The molecule has 0 aliphatic rings. The van der Waals surface area contributed by atoms with Crippen LogP contribution in [-0.2, 0) is 9.53 Å². The Morgan fingerprint density at radius 2 is 1.88 bits per heavy atom. The number of carbonyl (C=O) groups is 2. The molecule has 1 amide bonds. The van der Waals surface area contributed by atoms with Gasteiger partial charge >= 0.3 is 5.97 Å². The normalized spacial score (nSPS) is 10.1. The van der Waals surface area contributed by atoms with Crippen molar-refractivity contribution in [3.05, 3.63) is 29.8 Å². The smallest absolute Gasteiger partial charge is 0.325 e. The van der Waals surface area contributed by atoms with Crippen molar-refractivity contribution in [1.29, 1.82) is 0 Å². The molecule has 0 aliphatic carbocycles. The fourth-order valence-electron chi connectivity index (χ4n) is 1.19. The van der Waals surface area contributed by atoms with Gasteiger partial charge < -0.3 is 15.8 Å². The van der Waals surface area contributed by atoms with E-state index in [1.165, 1.54) is 0 Å². The predicted octanol–water partition coefficient (Wildman–Crippen LogP) is 0.950. The van der Waals surface area contributed by atoms with Crippen molar-refractivity contribution in [3.63, 3.8) is 0 Å². The molecule has 0 unspecified atom stereocenters. The van der Waals surface area contributed by atoms with E-state index in [-0.39, 0.29) is 18.6 Å². The van der Waals surface area contributed by atoms with Gasteiger partial charge in [-0.15, -0.1) is 0 Å². The first-order chi connectivity index (χ1) is 7.99. The number of carbonyl (C=O) groups excluding carboxylic acids is 2. The zero-order valence-corrected chi connectivity index (χ0v) is 9.90. The van der Waals surface area contributed by atoms with Crippen molar-refractivity contribution in [3.8, 4) is 0 Å². The maximum atomic E-state index is 11.6. The van der Waals surface area contributed by atoms with Crippen LogP contribution in [0.4, 0.5) is 5.69 Å². The highest BCUT2D eigenvalue weighted by atomic mass is 16.5. The molecule has 0 bridgehead atoms. The Labute approximate surface area is 99.9 Å².